The number of carbonyl (C=O) groups excluding carboxylic acids is 3. The van der Waals surface area contributed by atoms with Crippen LogP contribution in [-0.2, 0) is 39.9 Å². The first-order valence-electron chi connectivity index (χ1n) is 13.7. The molecule has 0 spiro atoms. The average molecular weight is 623 g/mol. The number of pyridine rings is 2. The molecule has 15 heteroatoms. The molecule has 0 aliphatic heterocycles. The number of amides is 2. The van der Waals surface area contributed by atoms with Crippen LogP contribution in [0.3, 0.4) is 0 Å². The number of alkyl carbamates (subject to hydrolysis) is 1. The van der Waals surface area contributed by atoms with Crippen LogP contribution in [-0.4, -0.2) is 69.4 Å². The van der Waals surface area contributed by atoms with E-state index in [4.69, 9.17) is 0 Å². The van der Waals surface area contributed by atoms with Crippen LogP contribution in [0.15, 0.2) is 35.3 Å². The van der Waals surface area contributed by atoms with Crippen LogP contribution in [0.25, 0.3) is 11.0 Å². The minimum Gasteiger partial charge on any atom is -0.453 e. The van der Waals surface area contributed by atoms with Crippen LogP contribution >= 0.6 is 0 Å². The molecule has 0 fully saturated rings. The molecular weight excluding hydrogens is 588 g/mol. The molecule has 238 valence electrons. The van der Waals surface area contributed by atoms with Gasteiger partial charge in [0.25, 0.3) is 5.56 Å². The fourth-order valence-corrected chi connectivity index (χ4v) is 4.41. The SMILES string of the molecule is COC(=O)N[C@@H](CC/C=C/C(=O)N(C)C)C(=O)Cc1ccc(C(F)(F)F)n(Cc2nc3c(F)cnc(CC(C)C)c3[nH]2)c1=O. The van der Waals surface area contributed by atoms with Gasteiger partial charge in [0.05, 0.1) is 37.1 Å². The molecule has 0 saturated heterocycles. The first kappa shape index (κ1) is 33.9. The van der Waals surface area contributed by atoms with E-state index in [2.05, 4.69) is 25.0 Å². The molecule has 0 unspecified atom stereocenters. The predicted molar refractivity (Wildman–Crippen MR) is 152 cm³/mol. The number of ether oxygens (including phenoxy) is 1. The molecule has 3 aromatic rings. The molecule has 0 bridgehead atoms. The zero-order valence-electron chi connectivity index (χ0n) is 24.9. The molecule has 2 N–H and O–H groups in total. The van der Waals surface area contributed by atoms with Crippen LogP contribution in [0.1, 0.15) is 49.5 Å². The number of Topliss-reactive ketones (excluding diaryl/α,β-unsaturated/α-hetero) is 1. The normalized spacial score (nSPS) is 12.6. The number of allylic oxidation sites excluding steroid dienone is 1. The Morgan fingerprint density at radius 2 is 1.91 bits per heavy atom. The van der Waals surface area contributed by atoms with Crippen molar-refractivity contribution in [2.45, 2.75) is 58.3 Å². The van der Waals surface area contributed by atoms with Crippen LogP contribution in [0, 0.1) is 11.7 Å². The van der Waals surface area contributed by atoms with E-state index in [-0.39, 0.29) is 47.1 Å². The highest BCUT2D eigenvalue weighted by molar-refractivity contribution is 5.89. The van der Waals surface area contributed by atoms with Crippen molar-refractivity contribution in [1.82, 2.24) is 29.7 Å². The number of methoxy groups -OCH3 is 1. The highest BCUT2D eigenvalue weighted by Crippen LogP contribution is 2.29. The number of aromatic amines is 1. The lowest BCUT2D eigenvalue weighted by Gasteiger charge is -2.18. The van der Waals surface area contributed by atoms with Crippen LogP contribution in [0.5, 0.6) is 0 Å². The van der Waals surface area contributed by atoms with Crippen LogP contribution in [0.2, 0.25) is 0 Å². The van der Waals surface area contributed by atoms with Gasteiger partial charge in [0.15, 0.2) is 11.6 Å². The maximum atomic E-state index is 14.5. The van der Waals surface area contributed by atoms with E-state index in [1.54, 1.807) is 14.1 Å². The van der Waals surface area contributed by atoms with Gasteiger partial charge in [-0.1, -0.05) is 26.0 Å². The van der Waals surface area contributed by atoms with Gasteiger partial charge < -0.3 is 19.9 Å². The van der Waals surface area contributed by atoms with Gasteiger partial charge in [-0.15, -0.1) is 0 Å². The van der Waals surface area contributed by atoms with Gasteiger partial charge in [0, 0.05) is 26.1 Å². The standard InChI is InChI=1S/C29H34F4N6O5/c1-16(2)12-20-26-25(18(30)14-34-20)36-23(37-26)15-39-22(29(31,32)33)11-10-17(27(39)42)13-21(40)19(35-28(43)44-5)8-6-7-9-24(41)38(3)4/h7,9-11,14,16,19H,6,8,12-13,15H2,1-5H3,(H,35,43)(H,36,37)/b9-7+/t19-/m0/s1. The van der Waals surface area contributed by atoms with Crippen LogP contribution < -0.4 is 10.9 Å². The van der Waals surface area contributed by atoms with Gasteiger partial charge in [-0.25, -0.2) is 14.2 Å². The van der Waals surface area contributed by atoms with E-state index in [0.717, 1.165) is 19.4 Å². The molecule has 0 saturated carbocycles. The van der Waals surface area contributed by atoms with Gasteiger partial charge in [0.1, 0.15) is 17.0 Å². The number of alkyl halides is 3. The summed E-state index contributed by atoms with van der Waals surface area (Å²) in [7, 11) is 4.21. The number of likely N-dealkylation sites (N-methyl/N-ethyl adjacent to an activating group) is 1. The molecular formula is C29H34F4N6O5. The lowest BCUT2D eigenvalue weighted by Crippen LogP contribution is -2.42. The molecule has 11 nitrogen and oxygen atoms in total. The van der Waals surface area contributed by atoms with Gasteiger partial charge in [-0.05, 0) is 37.3 Å². The fourth-order valence-electron chi connectivity index (χ4n) is 4.41. The molecule has 0 aliphatic rings. The Kier molecular flexibility index (Phi) is 11.0. The number of hydrogen-bond acceptors (Lipinski definition) is 7. The Labute approximate surface area is 250 Å². The summed E-state index contributed by atoms with van der Waals surface area (Å²) in [5.74, 6) is -1.70. The third-order valence-electron chi connectivity index (χ3n) is 6.61. The van der Waals surface area contributed by atoms with Crippen molar-refractivity contribution in [3.63, 3.8) is 0 Å². The first-order chi connectivity index (χ1) is 20.6. The Balaban J connectivity index is 1.95. The Hall–Kier alpha value is -4.56. The number of nitrogens with one attached hydrogen (secondary N) is 2. The number of carbonyl (C=O) groups is 3. The topological polar surface area (TPSA) is 139 Å². The number of aromatic nitrogens is 4. The number of ketones is 1. The summed E-state index contributed by atoms with van der Waals surface area (Å²) in [6.45, 7) is 3.15. The lowest BCUT2D eigenvalue weighted by atomic mass is 10.0. The second-order valence-corrected chi connectivity index (χ2v) is 10.7. The summed E-state index contributed by atoms with van der Waals surface area (Å²) in [5.41, 5.74) is -2.08. The molecule has 3 heterocycles. The van der Waals surface area contributed by atoms with Crippen molar-refractivity contribution in [3.8, 4) is 0 Å². The number of halogens is 4. The molecule has 0 radical (unpaired) electrons. The second kappa shape index (κ2) is 14.3. The summed E-state index contributed by atoms with van der Waals surface area (Å²) in [4.78, 5) is 62.5. The summed E-state index contributed by atoms with van der Waals surface area (Å²) < 4.78 is 61.4. The number of rotatable bonds is 12. The number of nitrogens with zero attached hydrogens (tertiary/aromatic N) is 4. The largest absolute Gasteiger partial charge is 0.453 e. The van der Waals surface area contributed by atoms with Gasteiger partial charge >= 0.3 is 12.3 Å². The minimum absolute atomic E-state index is 0.0251. The molecule has 0 aliphatic carbocycles. The van der Waals surface area contributed by atoms with E-state index < -0.39 is 54.1 Å². The van der Waals surface area contributed by atoms with Crippen molar-refractivity contribution < 1.29 is 36.7 Å². The van der Waals surface area contributed by atoms with E-state index >= 15 is 0 Å². The molecule has 44 heavy (non-hydrogen) atoms. The van der Waals surface area contributed by atoms with Crippen molar-refractivity contribution in [3.05, 3.63) is 69.4 Å². The molecule has 1 atom stereocenters. The zero-order chi connectivity index (χ0) is 32.8. The van der Waals surface area contributed by atoms with Gasteiger partial charge in [0.2, 0.25) is 5.91 Å². The molecule has 3 aromatic heterocycles. The Morgan fingerprint density at radius 3 is 2.52 bits per heavy atom. The van der Waals surface area contributed by atoms with E-state index in [9.17, 15) is 36.7 Å². The molecule has 3 rings (SSSR count). The highest BCUT2D eigenvalue weighted by Gasteiger charge is 2.35. The van der Waals surface area contributed by atoms with E-state index in [1.807, 2.05) is 13.8 Å². The zero-order valence-corrected chi connectivity index (χ0v) is 24.9. The average Bonchev–Trinajstić information content (AvgIpc) is 3.37. The van der Waals surface area contributed by atoms with E-state index in [1.165, 1.54) is 17.1 Å². The van der Waals surface area contributed by atoms with Gasteiger partial charge in [-0.3, -0.25) is 23.9 Å². The first-order valence-corrected chi connectivity index (χ1v) is 13.7. The second-order valence-electron chi connectivity index (χ2n) is 10.7. The van der Waals surface area contributed by atoms with Crippen molar-refractivity contribution in [2.24, 2.45) is 5.92 Å². The van der Waals surface area contributed by atoms with E-state index in [0.29, 0.717) is 22.7 Å². The Morgan fingerprint density at radius 1 is 1.20 bits per heavy atom. The van der Waals surface area contributed by atoms with Gasteiger partial charge in [-0.2, -0.15) is 13.2 Å². The van der Waals surface area contributed by atoms with Crippen molar-refractivity contribution in [2.75, 3.05) is 21.2 Å². The summed E-state index contributed by atoms with van der Waals surface area (Å²) in [6, 6.07) is 0.423. The number of fused-ring (bicyclic) bond motifs is 1. The Bertz CT molecular complexity index is 1610. The number of H-pyrrole nitrogens is 1. The number of imidazole rings is 1. The lowest BCUT2D eigenvalue weighted by molar-refractivity contribution is -0.144. The quantitative estimate of drug-likeness (QED) is 0.232. The number of hydrogen-bond donors (Lipinski definition) is 2. The molecule has 0 aromatic carbocycles. The highest BCUT2D eigenvalue weighted by atomic mass is 19.4. The monoisotopic (exact) mass is 622 g/mol. The smallest absolute Gasteiger partial charge is 0.431 e. The third-order valence-corrected chi connectivity index (χ3v) is 6.61. The predicted octanol–water partition coefficient (Wildman–Crippen LogP) is 3.79. The van der Waals surface area contributed by atoms with Crippen molar-refractivity contribution >= 4 is 28.8 Å². The summed E-state index contributed by atoms with van der Waals surface area (Å²) >= 11 is 0. The maximum absolute atomic E-state index is 14.5. The van der Waals surface area contributed by atoms with Crippen molar-refractivity contribution in [1.29, 1.82) is 0 Å². The summed E-state index contributed by atoms with van der Waals surface area (Å²) in [5, 5.41) is 2.36. The molecule has 2 amide bonds. The summed E-state index contributed by atoms with van der Waals surface area (Å²) in [6.07, 6.45) is -2.02. The fraction of sp³-hybridized carbons (Fsp3) is 0.448. The third kappa shape index (κ3) is 8.51. The maximum Gasteiger partial charge on any atom is 0.431 e. The van der Waals surface area contributed by atoms with Crippen LogP contribution in [0.4, 0.5) is 22.4 Å². The minimum atomic E-state index is -4.94.